The normalized spacial score (nSPS) is 9.75. The first-order valence-corrected chi connectivity index (χ1v) is 6.43. The van der Waals surface area contributed by atoms with Gasteiger partial charge in [0, 0.05) is 17.2 Å². The molecule has 0 spiro atoms. The van der Waals surface area contributed by atoms with Crippen LogP contribution >= 0.6 is 11.6 Å². The molecule has 0 amide bonds. The number of nitrogens with two attached hydrogens (primary N) is 1. The van der Waals surface area contributed by atoms with Gasteiger partial charge in [-0.3, -0.25) is 0 Å². The first-order valence-electron chi connectivity index (χ1n) is 6.05. The summed E-state index contributed by atoms with van der Waals surface area (Å²) in [6, 6.07) is 11.9. The second kappa shape index (κ2) is 6.95. The summed E-state index contributed by atoms with van der Waals surface area (Å²) in [4.78, 5) is 0. The molecule has 2 rings (SSSR count). The summed E-state index contributed by atoms with van der Waals surface area (Å²) in [6.07, 6.45) is 0. The third-order valence-electron chi connectivity index (χ3n) is 2.63. The van der Waals surface area contributed by atoms with Gasteiger partial charge < -0.3 is 10.5 Å². The van der Waals surface area contributed by atoms with Crippen molar-refractivity contribution in [2.24, 2.45) is 5.73 Å². The molecule has 2 aromatic rings. The van der Waals surface area contributed by atoms with Gasteiger partial charge in [-0.1, -0.05) is 41.6 Å². The van der Waals surface area contributed by atoms with Crippen LogP contribution in [-0.4, -0.2) is 6.54 Å². The predicted octanol–water partition coefficient (Wildman–Crippen LogP) is 3.37. The molecule has 2 nitrogen and oxygen atoms in total. The molecule has 0 aliphatic heterocycles. The number of halogens is 2. The van der Waals surface area contributed by atoms with Crippen molar-refractivity contribution < 1.29 is 9.13 Å². The summed E-state index contributed by atoms with van der Waals surface area (Å²) in [6.45, 7) is 0.605. The smallest absolute Gasteiger partial charge is 0.145 e. The van der Waals surface area contributed by atoms with E-state index in [-0.39, 0.29) is 5.02 Å². The lowest BCUT2D eigenvalue weighted by atomic mass is 10.1. The zero-order chi connectivity index (χ0) is 14.4. The molecule has 20 heavy (non-hydrogen) atoms. The van der Waals surface area contributed by atoms with Crippen LogP contribution in [0.3, 0.4) is 0 Å². The Morgan fingerprint density at radius 2 is 2.00 bits per heavy atom. The Kier molecular flexibility index (Phi) is 5.00. The molecule has 0 bridgehead atoms. The van der Waals surface area contributed by atoms with Gasteiger partial charge >= 0.3 is 0 Å². The van der Waals surface area contributed by atoms with Crippen molar-refractivity contribution in [1.29, 1.82) is 0 Å². The Morgan fingerprint density at radius 1 is 1.20 bits per heavy atom. The van der Waals surface area contributed by atoms with E-state index in [0.717, 1.165) is 11.1 Å². The molecular weight excluding hydrogens is 277 g/mol. The van der Waals surface area contributed by atoms with Gasteiger partial charge in [-0.15, -0.1) is 0 Å². The number of rotatable bonds is 3. The fraction of sp³-hybridized carbons (Fsp3) is 0.125. The van der Waals surface area contributed by atoms with E-state index in [1.807, 2.05) is 24.3 Å². The minimum absolute atomic E-state index is 0.0755. The van der Waals surface area contributed by atoms with Gasteiger partial charge in [-0.25, -0.2) is 4.39 Å². The van der Waals surface area contributed by atoms with E-state index in [0.29, 0.717) is 18.9 Å². The van der Waals surface area contributed by atoms with E-state index in [9.17, 15) is 4.39 Å². The number of benzene rings is 2. The molecule has 2 N–H and O–H groups in total. The van der Waals surface area contributed by atoms with Crippen LogP contribution in [0.5, 0.6) is 5.75 Å². The third-order valence-corrected chi connectivity index (χ3v) is 2.93. The van der Waals surface area contributed by atoms with E-state index in [1.54, 1.807) is 6.07 Å². The summed E-state index contributed by atoms with van der Waals surface area (Å²) < 4.78 is 18.9. The maximum atomic E-state index is 13.3. The van der Waals surface area contributed by atoms with Gasteiger partial charge in [0.2, 0.25) is 0 Å². The summed E-state index contributed by atoms with van der Waals surface area (Å²) in [5.41, 5.74) is 7.14. The van der Waals surface area contributed by atoms with Crippen molar-refractivity contribution >= 4 is 11.6 Å². The van der Waals surface area contributed by atoms with Gasteiger partial charge in [0.1, 0.15) is 18.2 Å². The highest BCUT2D eigenvalue weighted by Gasteiger charge is 2.04. The van der Waals surface area contributed by atoms with E-state index in [1.165, 1.54) is 12.1 Å². The van der Waals surface area contributed by atoms with Crippen LogP contribution in [0, 0.1) is 17.7 Å². The highest BCUT2D eigenvalue weighted by Crippen LogP contribution is 2.21. The van der Waals surface area contributed by atoms with E-state index in [2.05, 4.69) is 11.8 Å². The molecule has 0 radical (unpaired) electrons. The fourth-order valence-electron chi connectivity index (χ4n) is 1.64. The van der Waals surface area contributed by atoms with Crippen molar-refractivity contribution in [3.05, 3.63) is 64.4 Å². The Hall–Kier alpha value is -2.02. The van der Waals surface area contributed by atoms with Crippen molar-refractivity contribution in [3.8, 4) is 17.6 Å². The van der Waals surface area contributed by atoms with E-state index < -0.39 is 5.82 Å². The first-order chi connectivity index (χ1) is 9.70. The molecule has 4 heteroatoms. The molecule has 2 aromatic carbocycles. The van der Waals surface area contributed by atoms with Gasteiger partial charge in [-0.2, -0.15) is 0 Å². The second-order valence-corrected chi connectivity index (χ2v) is 4.43. The third kappa shape index (κ3) is 3.74. The standard InChI is InChI=1S/C16H13ClFNO/c17-15-8-7-14(10-16(15)18)20-11-13-5-2-1-4-12(13)6-3-9-19/h1-2,4-5,7-8,10H,9,11,19H2. The molecular formula is C16H13ClFNO. The Balaban J connectivity index is 2.12. The fourth-order valence-corrected chi connectivity index (χ4v) is 1.76. The van der Waals surface area contributed by atoms with Crippen molar-refractivity contribution in [1.82, 2.24) is 0 Å². The maximum Gasteiger partial charge on any atom is 0.145 e. The highest BCUT2D eigenvalue weighted by atomic mass is 35.5. The molecule has 0 aliphatic carbocycles. The van der Waals surface area contributed by atoms with Crippen LogP contribution in [0.1, 0.15) is 11.1 Å². The minimum Gasteiger partial charge on any atom is -0.489 e. The molecule has 0 unspecified atom stereocenters. The van der Waals surface area contributed by atoms with Crippen LogP contribution in [0.15, 0.2) is 42.5 Å². The van der Waals surface area contributed by atoms with Crippen LogP contribution in [0.2, 0.25) is 5.02 Å². The summed E-state index contributed by atoms with van der Waals surface area (Å²) in [5, 5.41) is 0.0755. The SMILES string of the molecule is NCC#Cc1ccccc1COc1ccc(Cl)c(F)c1. The van der Waals surface area contributed by atoms with E-state index in [4.69, 9.17) is 22.1 Å². The quantitative estimate of drug-likeness (QED) is 0.879. The minimum atomic E-state index is -0.500. The summed E-state index contributed by atoms with van der Waals surface area (Å²) >= 11 is 5.62. The largest absolute Gasteiger partial charge is 0.489 e. The monoisotopic (exact) mass is 289 g/mol. The number of hydrogen-bond acceptors (Lipinski definition) is 2. The molecule has 0 fully saturated rings. The molecule has 0 aromatic heterocycles. The number of ether oxygens (including phenoxy) is 1. The number of hydrogen-bond donors (Lipinski definition) is 1. The topological polar surface area (TPSA) is 35.2 Å². The van der Waals surface area contributed by atoms with Crippen LogP contribution in [0.4, 0.5) is 4.39 Å². The van der Waals surface area contributed by atoms with Crippen LogP contribution in [-0.2, 0) is 6.61 Å². The van der Waals surface area contributed by atoms with Gasteiger partial charge in [0.15, 0.2) is 0 Å². The van der Waals surface area contributed by atoms with Gasteiger partial charge in [-0.05, 0) is 18.2 Å². The van der Waals surface area contributed by atoms with Gasteiger partial charge in [0.05, 0.1) is 11.6 Å². The van der Waals surface area contributed by atoms with Crippen molar-refractivity contribution in [3.63, 3.8) is 0 Å². The molecule has 0 saturated heterocycles. The molecule has 102 valence electrons. The predicted molar refractivity (Wildman–Crippen MR) is 78.1 cm³/mol. The van der Waals surface area contributed by atoms with Crippen LogP contribution < -0.4 is 10.5 Å². The average Bonchev–Trinajstić information content (AvgIpc) is 2.47. The highest BCUT2D eigenvalue weighted by molar-refractivity contribution is 6.30. The van der Waals surface area contributed by atoms with Crippen molar-refractivity contribution in [2.75, 3.05) is 6.54 Å². The first kappa shape index (κ1) is 14.4. The lowest BCUT2D eigenvalue weighted by Gasteiger charge is -2.08. The molecule has 0 heterocycles. The Morgan fingerprint density at radius 3 is 2.75 bits per heavy atom. The second-order valence-electron chi connectivity index (χ2n) is 4.03. The lowest BCUT2D eigenvalue weighted by Crippen LogP contribution is -1.99. The summed E-state index contributed by atoms with van der Waals surface area (Å²) in [5.74, 6) is 5.71. The zero-order valence-corrected chi connectivity index (χ0v) is 11.5. The maximum absolute atomic E-state index is 13.3. The Labute approximate surface area is 122 Å². The lowest BCUT2D eigenvalue weighted by molar-refractivity contribution is 0.304. The molecule has 0 saturated carbocycles. The average molecular weight is 290 g/mol. The summed E-state index contributed by atoms with van der Waals surface area (Å²) in [7, 11) is 0. The molecule has 0 atom stereocenters. The van der Waals surface area contributed by atoms with Gasteiger partial charge in [0.25, 0.3) is 0 Å². The molecule has 0 aliphatic rings. The van der Waals surface area contributed by atoms with Crippen molar-refractivity contribution in [2.45, 2.75) is 6.61 Å². The Bertz CT molecular complexity index is 661. The zero-order valence-electron chi connectivity index (χ0n) is 10.7. The van der Waals surface area contributed by atoms with E-state index >= 15 is 0 Å². The van der Waals surface area contributed by atoms with Crippen LogP contribution in [0.25, 0.3) is 0 Å².